The molecule has 1 aromatic rings. The maximum absolute atomic E-state index is 6.07. The van der Waals surface area contributed by atoms with Crippen molar-refractivity contribution in [3.63, 3.8) is 0 Å². The summed E-state index contributed by atoms with van der Waals surface area (Å²) in [6, 6.07) is 3.72. The Hall–Kier alpha value is -0.930. The first-order chi connectivity index (χ1) is 8.08. The monoisotopic (exact) mass is 258 g/mol. The molecule has 0 heterocycles. The van der Waals surface area contributed by atoms with Gasteiger partial charge < -0.3 is 14.8 Å². The van der Waals surface area contributed by atoms with Crippen molar-refractivity contribution in [2.45, 2.75) is 33.4 Å². The first kappa shape index (κ1) is 14.1. The van der Waals surface area contributed by atoms with Crippen LogP contribution in [0.1, 0.15) is 26.3 Å². The van der Waals surface area contributed by atoms with Gasteiger partial charge in [-0.05, 0) is 26.8 Å². The number of ether oxygens (including phenoxy) is 2. The van der Waals surface area contributed by atoms with Gasteiger partial charge in [0.05, 0.1) is 25.3 Å². The van der Waals surface area contributed by atoms with Crippen molar-refractivity contribution in [2.24, 2.45) is 0 Å². The quantitative estimate of drug-likeness (QED) is 0.849. The second-order valence-corrected chi connectivity index (χ2v) is 4.60. The molecule has 3 nitrogen and oxygen atoms in total. The molecule has 1 rings (SSSR count). The summed E-state index contributed by atoms with van der Waals surface area (Å²) in [6.07, 6.45) is 0.116. The molecule has 17 heavy (non-hydrogen) atoms. The van der Waals surface area contributed by atoms with Gasteiger partial charge in [-0.3, -0.25) is 0 Å². The number of hydrogen-bond acceptors (Lipinski definition) is 2. The molecular formula is C13H21ClNO2+. The van der Waals surface area contributed by atoms with Crippen molar-refractivity contribution in [1.29, 1.82) is 0 Å². The number of hydrogen-bond donors (Lipinski definition) is 1. The van der Waals surface area contributed by atoms with E-state index in [0.29, 0.717) is 10.8 Å². The number of quaternary nitrogens is 1. The lowest BCUT2D eigenvalue weighted by Crippen LogP contribution is -2.81. The number of benzene rings is 1. The third kappa shape index (κ3) is 4.10. The van der Waals surface area contributed by atoms with Crippen LogP contribution in [-0.2, 0) is 6.54 Å². The SMILES string of the molecule is CC[NH2+]Cc1cc(Cl)cc(OC)c1OC(C)C. The highest BCUT2D eigenvalue weighted by Gasteiger charge is 2.15. The van der Waals surface area contributed by atoms with Gasteiger partial charge in [0.25, 0.3) is 0 Å². The Morgan fingerprint density at radius 1 is 1.35 bits per heavy atom. The predicted molar refractivity (Wildman–Crippen MR) is 69.9 cm³/mol. The minimum Gasteiger partial charge on any atom is -0.493 e. The van der Waals surface area contributed by atoms with Gasteiger partial charge in [0.15, 0.2) is 11.5 Å². The fourth-order valence-electron chi connectivity index (χ4n) is 1.60. The van der Waals surface area contributed by atoms with Gasteiger partial charge in [0.2, 0.25) is 0 Å². The number of rotatable bonds is 6. The van der Waals surface area contributed by atoms with E-state index < -0.39 is 0 Å². The largest absolute Gasteiger partial charge is 0.493 e. The minimum absolute atomic E-state index is 0.116. The summed E-state index contributed by atoms with van der Waals surface area (Å²) in [7, 11) is 1.63. The van der Waals surface area contributed by atoms with Gasteiger partial charge in [0, 0.05) is 11.1 Å². The van der Waals surface area contributed by atoms with Gasteiger partial charge >= 0.3 is 0 Å². The molecule has 4 heteroatoms. The zero-order valence-corrected chi connectivity index (χ0v) is 11.7. The third-order valence-electron chi connectivity index (χ3n) is 2.32. The van der Waals surface area contributed by atoms with E-state index in [9.17, 15) is 0 Å². The lowest BCUT2D eigenvalue weighted by atomic mass is 10.1. The smallest absolute Gasteiger partial charge is 0.170 e. The summed E-state index contributed by atoms with van der Waals surface area (Å²) in [5.74, 6) is 1.50. The molecule has 0 fully saturated rings. The molecule has 0 aromatic heterocycles. The highest BCUT2D eigenvalue weighted by atomic mass is 35.5. The average molecular weight is 259 g/mol. The highest BCUT2D eigenvalue weighted by Crippen LogP contribution is 2.35. The molecule has 0 unspecified atom stereocenters. The van der Waals surface area contributed by atoms with Crippen molar-refractivity contribution in [3.8, 4) is 11.5 Å². The Kier molecular flexibility index (Phi) is 5.59. The van der Waals surface area contributed by atoms with Crippen molar-refractivity contribution in [2.75, 3.05) is 13.7 Å². The molecule has 1 aromatic carbocycles. The Morgan fingerprint density at radius 3 is 2.59 bits per heavy atom. The predicted octanol–water partition coefficient (Wildman–Crippen LogP) is 2.22. The molecule has 0 aliphatic heterocycles. The second kappa shape index (κ2) is 6.72. The average Bonchev–Trinajstić information content (AvgIpc) is 2.28. The summed E-state index contributed by atoms with van der Waals surface area (Å²) in [4.78, 5) is 0. The molecule has 0 atom stereocenters. The van der Waals surface area contributed by atoms with Crippen molar-refractivity contribution in [3.05, 3.63) is 22.7 Å². The topological polar surface area (TPSA) is 35.1 Å². The molecule has 0 saturated carbocycles. The minimum atomic E-state index is 0.116. The van der Waals surface area contributed by atoms with Crippen LogP contribution in [0, 0.1) is 0 Å². The Labute approximate surface area is 108 Å². The van der Waals surface area contributed by atoms with Crippen molar-refractivity contribution < 1.29 is 14.8 Å². The first-order valence-corrected chi connectivity index (χ1v) is 6.31. The van der Waals surface area contributed by atoms with Crippen LogP contribution in [0.25, 0.3) is 0 Å². The zero-order chi connectivity index (χ0) is 12.8. The molecule has 0 aliphatic rings. The summed E-state index contributed by atoms with van der Waals surface area (Å²) >= 11 is 6.07. The van der Waals surface area contributed by atoms with Gasteiger partial charge in [0.1, 0.15) is 6.54 Å². The second-order valence-electron chi connectivity index (χ2n) is 4.16. The number of halogens is 1. The first-order valence-electron chi connectivity index (χ1n) is 5.93. The van der Waals surface area contributed by atoms with E-state index in [-0.39, 0.29) is 6.10 Å². The maximum Gasteiger partial charge on any atom is 0.170 e. The fourth-order valence-corrected chi connectivity index (χ4v) is 1.83. The van der Waals surface area contributed by atoms with Crippen LogP contribution in [0.5, 0.6) is 11.5 Å². The van der Waals surface area contributed by atoms with Crippen LogP contribution >= 0.6 is 11.6 Å². The van der Waals surface area contributed by atoms with Crippen LogP contribution in [0.3, 0.4) is 0 Å². The van der Waals surface area contributed by atoms with Crippen LogP contribution in [0.15, 0.2) is 12.1 Å². The summed E-state index contributed by atoms with van der Waals surface area (Å²) in [5, 5.41) is 2.87. The molecule has 2 N–H and O–H groups in total. The molecule has 0 amide bonds. The molecule has 0 saturated heterocycles. The number of methoxy groups -OCH3 is 1. The fraction of sp³-hybridized carbons (Fsp3) is 0.538. The van der Waals surface area contributed by atoms with E-state index >= 15 is 0 Å². The Bertz CT molecular complexity index is 367. The third-order valence-corrected chi connectivity index (χ3v) is 2.54. The number of nitrogens with two attached hydrogens (primary N) is 1. The molecule has 0 spiro atoms. The van der Waals surface area contributed by atoms with E-state index in [0.717, 1.165) is 24.4 Å². The normalized spacial score (nSPS) is 10.7. The highest BCUT2D eigenvalue weighted by molar-refractivity contribution is 6.30. The van der Waals surface area contributed by atoms with Gasteiger partial charge in [-0.2, -0.15) is 0 Å². The van der Waals surface area contributed by atoms with Gasteiger partial charge in [-0.15, -0.1) is 0 Å². The van der Waals surface area contributed by atoms with Crippen LogP contribution < -0.4 is 14.8 Å². The maximum atomic E-state index is 6.07. The summed E-state index contributed by atoms with van der Waals surface area (Å²) < 4.78 is 11.1. The molecule has 96 valence electrons. The van der Waals surface area contributed by atoms with E-state index in [1.807, 2.05) is 19.9 Å². The standard InChI is InChI=1S/C13H20ClNO2/c1-5-15-8-10-6-11(14)7-12(16-4)13(10)17-9(2)3/h6-7,9,15H,5,8H2,1-4H3/p+1. The lowest BCUT2D eigenvalue weighted by Gasteiger charge is -2.17. The Morgan fingerprint density at radius 2 is 2.06 bits per heavy atom. The van der Waals surface area contributed by atoms with Crippen LogP contribution in [0.2, 0.25) is 5.02 Å². The van der Waals surface area contributed by atoms with E-state index in [2.05, 4.69) is 12.2 Å². The summed E-state index contributed by atoms with van der Waals surface area (Å²) in [6.45, 7) is 7.99. The van der Waals surface area contributed by atoms with E-state index in [1.54, 1.807) is 13.2 Å². The molecule has 0 aliphatic carbocycles. The van der Waals surface area contributed by atoms with Crippen molar-refractivity contribution >= 4 is 11.6 Å². The van der Waals surface area contributed by atoms with Crippen molar-refractivity contribution in [1.82, 2.24) is 0 Å². The van der Waals surface area contributed by atoms with E-state index in [1.165, 1.54) is 0 Å². The van der Waals surface area contributed by atoms with Crippen LogP contribution in [-0.4, -0.2) is 19.8 Å². The summed E-state index contributed by atoms with van der Waals surface area (Å²) in [5.41, 5.74) is 1.07. The van der Waals surface area contributed by atoms with Crippen LogP contribution in [0.4, 0.5) is 0 Å². The molecule has 0 radical (unpaired) electrons. The molecular weight excluding hydrogens is 238 g/mol. The zero-order valence-electron chi connectivity index (χ0n) is 10.9. The van der Waals surface area contributed by atoms with Gasteiger partial charge in [-0.1, -0.05) is 11.6 Å². The van der Waals surface area contributed by atoms with E-state index in [4.69, 9.17) is 21.1 Å². The van der Waals surface area contributed by atoms with Gasteiger partial charge in [-0.25, -0.2) is 0 Å². The Balaban J connectivity index is 3.08. The molecule has 0 bridgehead atoms. The lowest BCUT2D eigenvalue weighted by molar-refractivity contribution is -0.667.